The molecule has 0 heterocycles. The zero-order valence-corrected chi connectivity index (χ0v) is 19.3. The standard InChI is InChI=1S/C28H31ClO2/c1-3-5-7-9-22-12-16-24(17-13-22)28(30)31-27-19-18-25(20-26(27)29)23-14-10-21(11-15-23)8-6-4-2/h10-20H,3-9H2,1-2H3. The number of carbonyl (C=O) groups is 1. The van der Waals surface area contributed by atoms with Gasteiger partial charge < -0.3 is 4.74 Å². The average molecular weight is 435 g/mol. The van der Waals surface area contributed by atoms with Crippen molar-refractivity contribution in [1.29, 1.82) is 0 Å². The quantitative estimate of drug-likeness (QED) is 0.182. The number of esters is 1. The van der Waals surface area contributed by atoms with Gasteiger partial charge >= 0.3 is 5.97 Å². The molecule has 0 bridgehead atoms. The topological polar surface area (TPSA) is 26.3 Å². The molecule has 0 aliphatic carbocycles. The predicted molar refractivity (Wildman–Crippen MR) is 130 cm³/mol. The molecule has 0 atom stereocenters. The van der Waals surface area contributed by atoms with E-state index in [-0.39, 0.29) is 0 Å². The number of benzene rings is 3. The van der Waals surface area contributed by atoms with Crippen LogP contribution < -0.4 is 4.74 Å². The maximum atomic E-state index is 12.5. The summed E-state index contributed by atoms with van der Waals surface area (Å²) in [4.78, 5) is 12.5. The lowest BCUT2D eigenvalue weighted by Gasteiger charge is -2.10. The Morgan fingerprint density at radius 2 is 1.32 bits per heavy atom. The Labute approximate surface area is 191 Å². The van der Waals surface area contributed by atoms with Crippen LogP contribution in [0.4, 0.5) is 0 Å². The lowest BCUT2D eigenvalue weighted by Crippen LogP contribution is -2.08. The summed E-state index contributed by atoms with van der Waals surface area (Å²) in [5, 5.41) is 0.428. The fourth-order valence-corrected chi connectivity index (χ4v) is 3.77. The first-order chi connectivity index (χ1) is 15.1. The molecule has 0 aliphatic rings. The fraction of sp³-hybridized carbons (Fsp3) is 0.321. The van der Waals surface area contributed by atoms with Gasteiger partial charge in [-0.15, -0.1) is 0 Å². The highest BCUT2D eigenvalue weighted by Gasteiger charge is 2.12. The van der Waals surface area contributed by atoms with Gasteiger partial charge in [0.15, 0.2) is 0 Å². The van der Waals surface area contributed by atoms with Gasteiger partial charge in [-0.1, -0.05) is 87.2 Å². The molecule has 3 aromatic carbocycles. The SMILES string of the molecule is CCCCCc1ccc(C(=O)Oc2ccc(-c3ccc(CCCC)cc3)cc2Cl)cc1. The maximum Gasteiger partial charge on any atom is 0.343 e. The molecule has 3 rings (SSSR count). The van der Waals surface area contributed by atoms with E-state index in [1.54, 1.807) is 6.07 Å². The maximum absolute atomic E-state index is 12.5. The minimum Gasteiger partial charge on any atom is -0.421 e. The van der Waals surface area contributed by atoms with Crippen molar-refractivity contribution in [3.63, 3.8) is 0 Å². The summed E-state index contributed by atoms with van der Waals surface area (Å²) in [6, 6.07) is 21.8. The van der Waals surface area contributed by atoms with Gasteiger partial charge in [0.05, 0.1) is 10.6 Å². The van der Waals surface area contributed by atoms with E-state index in [0.29, 0.717) is 16.3 Å². The summed E-state index contributed by atoms with van der Waals surface area (Å²) in [6.07, 6.45) is 8.13. The average Bonchev–Trinajstić information content (AvgIpc) is 2.80. The van der Waals surface area contributed by atoms with Crippen LogP contribution in [-0.2, 0) is 12.8 Å². The Hall–Kier alpha value is -2.58. The van der Waals surface area contributed by atoms with E-state index < -0.39 is 5.97 Å². The molecule has 3 aromatic rings. The molecule has 0 fully saturated rings. The van der Waals surface area contributed by atoms with Crippen molar-refractivity contribution in [1.82, 2.24) is 0 Å². The molecular formula is C28H31ClO2. The second-order valence-corrected chi connectivity index (χ2v) is 8.40. The molecule has 0 saturated heterocycles. The van der Waals surface area contributed by atoms with Gasteiger partial charge in [-0.2, -0.15) is 0 Å². The second-order valence-electron chi connectivity index (χ2n) is 7.99. The molecule has 162 valence electrons. The van der Waals surface area contributed by atoms with Crippen molar-refractivity contribution < 1.29 is 9.53 Å². The van der Waals surface area contributed by atoms with Gasteiger partial charge in [0.1, 0.15) is 5.75 Å². The lowest BCUT2D eigenvalue weighted by atomic mass is 10.0. The Morgan fingerprint density at radius 1 is 0.742 bits per heavy atom. The van der Waals surface area contributed by atoms with Crippen molar-refractivity contribution in [2.75, 3.05) is 0 Å². The van der Waals surface area contributed by atoms with Crippen molar-refractivity contribution in [2.24, 2.45) is 0 Å². The third kappa shape index (κ3) is 6.70. The highest BCUT2D eigenvalue weighted by molar-refractivity contribution is 6.32. The van der Waals surface area contributed by atoms with Crippen LogP contribution in [0.5, 0.6) is 5.75 Å². The van der Waals surface area contributed by atoms with Crippen molar-refractivity contribution in [3.05, 3.63) is 88.4 Å². The van der Waals surface area contributed by atoms with Crippen LogP contribution >= 0.6 is 11.6 Å². The van der Waals surface area contributed by atoms with E-state index in [0.717, 1.165) is 24.0 Å². The van der Waals surface area contributed by atoms with Crippen LogP contribution in [0, 0.1) is 0 Å². The van der Waals surface area contributed by atoms with Crippen LogP contribution in [0.2, 0.25) is 5.02 Å². The summed E-state index contributed by atoms with van der Waals surface area (Å²) in [5.74, 6) is -0.0166. The second kappa shape index (κ2) is 11.7. The highest BCUT2D eigenvalue weighted by Crippen LogP contribution is 2.31. The van der Waals surface area contributed by atoms with E-state index >= 15 is 0 Å². The molecule has 0 radical (unpaired) electrons. The number of rotatable bonds is 10. The van der Waals surface area contributed by atoms with Gasteiger partial charge in [0.25, 0.3) is 0 Å². The van der Waals surface area contributed by atoms with Crippen molar-refractivity contribution in [2.45, 2.75) is 58.8 Å². The molecule has 0 amide bonds. The first-order valence-electron chi connectivity index (χ1n) is 11.3. The summed E-state index contributed by atoms with van der Waals surface area (Å²) in [7, 11) is 0. The number of unbranched alkanes of at least 4 members (excludes halogenated alkanes) is 3. The number of ether oxygens (including phenoxy) is 1. The highest BCUT2D eigenvalue weighted by atomic mass is 35.5. The van der Waals surface area contributed by atoms with Crippen molar-refractivity contribution >= 4 is 17.6 Å². The smallest absolute Gasteiger partial charge is 0.343 e. The first kappa shape index (κ1) is 23.1. The molecule has 0 aromatic heterocycles. The van der Waals surface area contributed by atoms with Crippen LogP contribution in [0.3, 0.4) is 0 Å². The molecule has 0 saturated carbocycles. The Kier molecular flexibility index (Phi) is 8.73. The number of hydrogen-bond donors (Lipinski definition) is 0. The zero-order chi connectivity index (χ0) is 22.1. The van der Waals surface area contributed by atoms with Gasteiger partial charge in [-0.3, -0.25) is 0 Å². The largest absolute Gasteiger partial charge is 0.421 e. The zero-order valence-electron chi connectivity index (χ0n) is 18.5. The van der Waals surface area contributed by atoms with E-state index in [1.807, 2.05) is 36.4 Å². The third-order valence-electron chi connectivity index (χ3n) is 5.50. The number of aryl methyl sites for hydroxylation is 2. The van der Waals surface area contributed by atoms with E-state index in [9.17, 15) is 4.79 Å². The minimum absolute atomic E-state index is 0.377. The fourth-order valence-electron chi connectivity index (χ4n) is 3.55. The number of carbonyl (C=O) groups excluding carboxylic acids is 1. The minimum atomic E-state index is -0.393. The number of hydrogen-bond acceptors (Lipinski definition) is 2. The summed E-state index contributed by atoms with van der Waals surface area (Å²) in [5.41, 5.74) is 5.22. The van der Waals surface area contributed by atoms with E-state index in [1.165, 1.54) is 43.2 Å². The Bertz CT molecular complexity index is 975. The molecule has 3 heteroatoms. The molecule has 2 nitrogen and oxygen atoms in total. The number of halogens is 1. The summed E-state index contributed by atoms with van der Waals surface area (Å²) in [6.45, 7) is 4.40. The molecular weight excluding hydrogens is 404 g/mol. The normalized spacial score (nSPS) is 10.8. The summed E-state index contributed by atoms with van der Waals surface area (Å²) >= 11 is 6.43. The summed E-state index contributed by atoms with van der Waals surface area (Å²) < 4.78 is 5.55. The first-order valence-corrected chi connectivity index (χ1v) is 11.7. The Balaban J connectivity index is 1.64. The van der Waals surface area contributed by atoms with Crippen LogP contribution in [0.1, 0.15) is 67.4 Å². The molecule has 0 aliphatic heterocycles. The lowest BCUT2D eigenvalue weighted by molar-refractivity contribution is 0.0735. The molecule has 0 N–H and O–H groups in total. The van der Waals surface area contributed by atoms with Gasteiger partial charge in [0, 0.05) is 0 Å². The van der Waals surface area contributed by atoms with E-state index in [2.05, 4.69) is 38.1 Å². The monoisotopic (exact) mass is 434 g/mol. The molecule has 0 unspecified atom stereocenters. The van der Waals surface area contributed by atoms with Gasteiger partial charge in [0.2, 0.25) is 0 Å². The van der Waals surface area contributed by atoms with E-state index in [4.69, 9.17) is 16.3 Å². The van der Waals surface area contributed by atoms with Crippen molar-refractivity contribution in [3.8, 4) is 16.9 Å². The van der Waals surface area contributed by atoms with Crippen LogP contribution in [0.15, 0.2) is 66.7 Å². The third-order valence-corrected chi connectivity index (χ3v) is 5.79. The predicted octanol–water partition coefficient (Wildman–Crippen LogP) is 8.30. The molecule has 31 heavy (non-hydrogen) atoms. The Morgan fingerprint density at radius 3 is 1.94 bits per heavy atom. The van der Waals surface area contributed by atoms with Crippen LogP contribution in [0.25, 0.3) is 11.1 Å². The van der Waals surface area contributed by atoms with Gasteiger partial charge in [-0.05, 0) is 72.2 Å². The van der Waals surface area contributed by atoms with Crippen LogP contribution in [-0.4, -0.2) is 5.97 Å². The van der Waals surface area contributed by atoms with Gasteiger partial charge in [-0.25, -0.2) is 4.79 Å². The molecule has 0 spiro atoms.